The summed E-state index contributed by atoms with van der Waals surface area (Å²) in [4.78, 5) is 2.39. The van der Waals surface area contributed by atoms with Gasteiger partial charge in [0.2, 0.25) is 0 Å². The Hall–Kier alpha value is 1.38. The minimum Gasteiger partial charge on any atom is -0.378 e. The average Bonchev–Trinajstić information content (AvgIpc) is 2.65. The molecule has 2 bridgehead atoms. The zero-order valence-corrected chi connectivity index (χ0v) is 21.7. The second-order valence-corrected chi connectivity index (χ2v) is 12.7. The topological polar surface area (TPSA) is 27.7 Å². The molecule has 0 spiro atoms. The van der Waals surface area contributed by atoms with Crippen LogP contribution in [0.15, 0.2) is 0 Å². The van der Waals surface area contributed by atoms with E-state index in [2.05, 4.69) is 0 Å². The Balaban J connectivity index is 2.24. The highest BCUT2D eigenvalue weighted by Gasteiger charge is 2.14. The fourth-order valence-corrected chi connectivity index (χ4v) is 8.77. The molecule has 2 aliphatic heterocycles. The van der Waals surface area contributed by atoms with Crippen LogP contribution in [0.1, 0.15) is 0 Å². The van der Waals surface area contributed by atoms with E-state index in [0.717, 1.165) is 19.9 Å². The predicted octanol–water partition coefficient (Wildman–Crippen LogP) is 3.94. The molecular formula is C16H22O3S8. The van der Waals surface area contributed by atoms with E-state index in [0.29, 0.717) is 39.6 Å². The lowest BCUT2D eigenvalue weighted by Gasteiger charge is -2.12. The van der Waals surface area contributed by atoms with Gasteiger partial charge in [0.15, 0.2) is 0 Å². The number of thioether (sulfide) groups is 4. The van der Waals surface area contributed by atoms with Gasteiger partial charge in [-0.1, -0.05) is 24.4 Å². The molecule has 0 fully saturated rings. The summed E-state index contributed by atoms with van der Waals surface area (Å²) >= 11 is 21.6. The molecule has 0 saturated heterocycles. The molecule has 3 nitrogen and oxygen atoms in total. The number of hydrogen-bond acceptors (Lipinski definition) is 11. The number of fused-ring (bicyclic) bond motifs is 14. The first kappa shape index (κ1) is 24.6. The SMILES string of the molecule is CSC(=S)C1=c2sc(s2)=C(C(=S)SC)SCCOCCOCCOCCS1. The molecule has 0 N–H and O–H groups in total. The lowest BCUT2D eigenvalue weighted by atomic mass is 10.7. The molecule has 11 heteroatoms. The molecule has 0 saturated carbocycles. The molecule has 3 rings (SSSR count). The van der Waals surface area contributed by atoms with Crippen LogP contribution < -0.4 is 7.69 Å². The predicted molar refractivity (Wildman–Crippen MR) is 138 cm³/mol. The summed E-state index contributed by atoms with van der Waals surface area (Å²) in [6, 6.07) is 0. The normalized spacial score (nSPS) is 18.7. The van der Waals surface area contributed by atoms with E-state index in [4.69, 9.17) is 38.6 Å². The molecule has 0 aromatic carbocycles. The summed E-state index contributed by atoms with van der Waals surface area (Å²) in [7, 11) is 0. The zero-order valence-electron chi connectivity index (χ0n) is 15.1. The summed E-state index contributed by atoms with van der Waals surface area (Å²) in [6.45, 7) is 3.80. The van der Waals surface area contributed by atoms with Gasteiger partial charge in [-0.2, -0.15) is 0 Å². The van der Waals surface area contributed by atoms with Crippen molar-refractivity contribution >= 4 is 112 Å². The molecule has 0 amide bonds. The van der Waals surface area contributed by atoms with Gasteiger partial charge in [0.25, 0.3) is 0 Å². The van der Waals surface area contributed by atoms with Crippen molar-refractivity contribution in [2.75, 3.05) is 63.7 Å². The third-order valence-corrected chi connectivity index (χ3v) is 11.5. The zero-order chi connectivity index (χ0) is 19.5. The molecular weight excluding hydrogens is 497 g/mol. The molecule has 3 heterocycles. The number of ether oxygens (including phenoxy) is 3. The molecule has 0 aliphatic carbocycles. The van der Waals surface area contributed by atoms with Gasteiger partial charge in [0, 0.05) is 11.5 Å². The fraction of sp³-hybridized carbons (Fsp3) is 0.625. The summed E-state index contributed by atoms with van der Waals surface area (Å²) in [6.07, 6.45) is 4.06. The van der Waals surface area contributed by atoms with Crippen LogP contribution in [0.5, 0.6) is 0 Å². The van der Waals surface area contributed by atoms with E-state index < -0.39 is 0 Å². The maximum absolute atomic E-state index is 5.65. The van der Waals surface area contributed by atoms with Gasteiger partial charge in [0.05, 0.1) is 65.5 Å². The first-order valence-electron chi connectivity index (χ1n) is 8.17. The van der Waals surface area contributed by atoms with E-state index in [1.807, 2.05) is 12.5 Å². The van der Waals surface area contributed by atoms with Crippen LogP contribution in [0.3, 0.4) is 0 Å². The maximum atomic E-state index is 5.65. The average molecular weight is 519 g/mol. The van der Waals surface area contributed by atoms with Gasteiger partial charge >= 0.3 is 0 Å². The standard InChI is InChI=1S/C16H22O3S8/c1-22-13(20)11-15-26-16(27-15)12(14(21)23-2)25-10-8-19-6-4-17-3-5-18-7-9-24-11/h3-10H2,1-2H3. The van der Waals surface area contributed by atoms with Crippen molar-refractivity contribution in [1.29, 1.82) is 0 Å². The molecule has 2 aliphatic rings. The molecule has 1 aromatic rings. The van der Waals surface area contributed by atoms with Crippen LogP contribution in [0, 0.1) is 0 Å². The first-order chi connectivity index (χ1) is 13.2. The molecule has 0 unspecified atom stereocenters. The molecule has 27 heavy (non-hydrogen) atoms. The van der Waals surface area contributed by atoms with E-state index >= 15 is 0 Å². The van der Waals surface area contributed by atoms with Crippen LogP contribution in [-0.2, 0) is 14.2 Å². The molecule has 1 aromatic heterocycles. The third-order valence-electron chi connectivity index (χ3n) is 3.18. The monoisotopic (exact) mass is 518 g/mol. The Morgan fingerprint density at radius 3 is 1.44 bits per heavy atom. The minimum absolute atomic E-state index is 0.601. The Kier molecular flexibility index (Phi) is 13.1. The van der Waals surface area contributed by atoms with Gasteiger partial charge in [-0.15, -0.1) is 69.7 Å². The Morgan fingerprint density at radius 2 is 1.07 bits per heavy atom. The van der Waals surface area contributed by atoms with Gasteiger partial charge in [0.1, 0.15) is 0 Å². The molecule has 0 radical (unpaired) electrons. The maximum Gasteiger partial charge on any atom is 0.0977 e. The van der Waals surface area contributed by atoms with Crippen LogP contribution >= 0.6 is 94.2 Å². The Bertz CT molecular complexity index is 649. The Labute approximate surface area is 196 Å². The highest BCUT2D eigenvalue weighted by atomic mass is 32.2. The first-order valence-corrected chi connectivity index (χ1v) is 15.0. The number of thiocarbonyl (C=S) groups is 2. The van der Waals surface area contributed by atoms with Crippen molar-refractivity contribution in [2.45, 2.75) is 0 Å². The molecule has 0 atom stereocenters. The van der Waals surface area contributed by atoms with Gasteiger partial charge in [-0.25, -0.2) is 0 Å². The van der Waals surface area contributed by atoms with E-state index in [1.54, 1.807) is 69.7 Å². The second-order valence-electron chi connectivity index (χ2n) is 4.95. The van der Waals surface area contributed by atoms with Crippen LogP contribution in [-0.4, -0.2) is 72.1 Å². The smallest absolute Gasteiger partial charge is 0.0977 e. The largest absolute Gasteiger partial charge is 0.378 e. The van der Waals surface area contributed by atoms with Crippen LogP contribution in [0.2, 0.25) is 0 Å². The lowest BCUT2D eigenvalue weighted by molar-refractivity contribution is 0.0205. The van der Waals surface area contributed by atoms with Crippen molar-refractivity contribution in [2.24, 2.45) is 0 Å². The highest BCUT2D eigenvalue weighted by molar-refractivity contribution is 8.28. The van der Waals surface area contributed by atoms with Crippen LogP contribution in [0.4, 0.5) is 0 Å². The number of hydrogen-bond donors (Lipinski definition) is 0. The van der Waals surface area contributed by atoms with Crippen molar-refractivity contribution in [1.82, 2.24) is 0 Å². The van der Waals surface area contributed by atoms with E-state index in [-0.39, 0.29) is 0 Å². The molecule has 152 valence electrons. The van der Waals surface area contributed by atoms with Crippen molar-refractivity contribution in [3.8, 4) is 0 Å². The third kappa shape index (κ3) is 8.56. The fourth-order valence-electron chi connectivity index (χ4n) is 1.90. The van der Waals surface area contributed by atoms with E-state index in [1.165, 1.54) is 17.5 Å². The summed E-state index contributed by atoms with van der Waals surface area (Å²) in [5.74, 6) is 1.77. The second kappa shape index (κ2) is 14.4. The Morgan fingerprint density at radius 1 is 0.704 bits per heavy atom. The summed E-state index contributed by atoms with van der Waals surface area (Å²) < 4.78 is 21.3. The lowest BCUT2D eigenvalue weighted by Crippen LogP contribution is -2.19. The van der Waals surface area contributed by atoms with Crippen molar-refractivity contribution in [3.63, 3.8) is 0 Å². The van der Waals surface area contributed by atoms with Gasteiger partial charge < -0.3 is 14.2 Å². The van der Waals surface area contributed by atoms with Crippen molar-refractivity contribution in [3.05, 3.63) is 7.69 Å². The van der Waals surface area contributed by atoms with Gasteiger partial charge in [-0.3, -0.25) is 0 Å². The van der Waals surface area contributed by atoms with Gasteiger partial charge in [-0.05, 0) is 12.5 Å². The highest BCUT2D eigenvalue weighted by Crippen LogP contribution is 2.27. The van der Waals surface area contributed by atoms with E-state index in [9.17, 15) is 0 Å². The quantitative estimate of drug-likeness (QED) is 0.426. The minimum atomic E-state index is 0.601. The van der Waals surface area contributed by atoms with Crippen molar-refractivity contribution < 1.29 is 14.2 Å². The summed E-state index contributed by atoms with van der Waals surface area (Å²) in [5.41, 5.74) is 0. The number of rotatable bonds is 2. The van der Waals surface area contributed by atoms with Crippen LogP contribution in [0.25, 0.3) is 9.81 Å². The summed E-state index contributed by atoms with van der Waals surface area (Å²) in [5, 5.41) is 0.